The van der Waals surface area contributed by atoms with Crippen LogP contribution in [-0.2, 0) is 0 Å². The lowest BCUT2D eigenvalue weighted by atomic mass is 9.65. The van der Waals surface area contributed by atoms with Crippen LogP contribution in [0.5, 0.6) is 0 Å². The van der Waals surface area contributed by atoms with Crippen LogP contribution in [0.1, 0.15) is 136 Å². The third kappa shape index (κ3) is 7.43. The van der Waals surface area contributed by atoms with Crippen molar-refractivity contribution in [1.29, 1.82) is 0 Å². The smallest absolute Gasteiger partial charge is 0.134 e. The highest BCUT2D eigenvalue weighted by molar-refractivity contribution is 4.93. The average molecular weight is 497 g/mol. The van der Waals surface area contributed by atoms with Crippen molar-refractivity contribution >= 4 is 0 Å². The minimum Gasteiger partial charge on any atom is -0.247 e. The van der Waals surface area contributed by atoms with Crippen LogP contribution in [0.15, 0.2) is 0 Å². The molecule has 0 saturated heterocycles. The van der Waals surface area contributed by atoms with Gasteiger partial charge in [0.1, 0.15) is 18.5 Å². The van der Waals surface area contributed by atoms with Gasteiger partial charge in [0.05, 0.1) is 0 Å². The van der Waals surface area contributed by atoms with Gasteiger partial charge in [-0.15, -0.1) is 0 Å². The van der Waals surface area contributed by atoms with E-state index >= 15 is 8.78 Å². The molecule has 0 N–H and O–H groups in total. The van der Waals surface area contributed by atoms with E-state index in [-0.39, 0.29) is 17.8 Å². The lowest BCUT2D eigenvalue weighted by molar-refractivity contribution is -0.0165. The van der Waals surface area contributed by atoms with E-state index in [1.54, 1.807) is 0 Å². The predicted molar refractivity (Wildman–Crippen MR) is 142 cm³/mol. The summed E-state index contributed by atoms with van der Waals surface area (Å²) in [5, 5.41) is 0. The topological polar surface area (TPSA) is 0 Å². The fourth-order valence-corrected chi connectivity index (χ4v) is 8.83. The molecule has 4 aliphatic carbocycles. The molecule has 0 amide bonds. The van der Waals surface area contributed by atoms with Gasteiger partial charge in [0.2, 0.25) is 0 Å². The number of unbranched alkanes of at least 4 members (excludes halogenated alkanes) is 2. The molecule has 204 valence electrons. The van der Waals surface area contributed by atoms with Crippen molar-refractivity contribution in [3.8, 4) is 0 Å². The SMILES string of the molecule is CCCCCC1CCC(C2CC[C@H](CCC3CCC(C4CCC(C)CC4F)CC3)C(F)C2F)CC1. The van der Waals surface area contributed by atoms with E-state index in [0.29, 0.717) is 23.7 Å². The Labute approximate surface area is 215 Å². The van der Waals surface area contributed by atoms with Gasteiger partial charge in [-0.3, -0.25) is 0 Å². The summed E-state index contributed by atoms with van der Waals surface area (Å²) in [4.78, 5) is 0. The van der Waals surface area contributed by atoms with Gasteiger partial charge in [-0.25, -0.2) is 13.2 Å². The summed E-state index contributed by atoms with van der Waals surface area (Å²) >= 11 is 0. The van der Waals surface area contributed by atoms with Crippen LogP contribution in [-0.4, -0.2) is 18.5 Å². The Morgan fingerprint density at radius 2 is 1.17 bits per heavy atom. The van der Waals surface area contributed by atoms with Crippen LogP contribution in [0.3, 0.4) is 0 Å². The van der Waals surface area contributed by atoms with Gasteiger partial charge >= 0.3 is 0 Å². The van der Waals surface area contributed by atoms with Crippen molar-refractivity contribution in [3.05, 3.63) is 0 Å². The zero-order chi connectivity index (χ0) is 24.8. The van der Waals surface area contributed by atoms with Crippen LogP contribution in [0.4, 0.5) is 13.2 Å². The van der Waals surface area contributed by atoms with E-state index < -0.39 is 18.5 Å². The number of hydrogen-bond acceptors (Lipinski definition) is 0. The fourth-order valence-electron chi connectivity index (χ4n) is 8.83. The van der Waals surface area contributed by atoms with Gasteiger partial charge in [-0.2, -0.15) is 0 Å². The monoisotopic (exact) mass is 496 g/mol. The molecule has 35 heavy (non-hydrogen) atoms. The van der Waals surface area contributed by atoms with Gasteiger partial charge in [-0.1, -0.05) is 78.1 Å². The van der Waals surface area contributed by atoms with Gasteiger partial charge < -0.3 is 0 Å². The van der Waals surface area contributed by atoms with Crippen molar-refractivity contribution in [2.24, 2.45) is 47.3 Å². The van der Waals surface area contributed by atoms with E-state index in [9.17, 15) is 4.39 Å². The van der Waals surface area contributed by atoms with Crippen molar-refractivity contribution in [1.82, 2.24) is 0 Å². The van der Waals surface area contributed by atoms with E-state index in [0.717, 1.165) is 70.1 Å². The summed E-state index contributed by atoms with van der Waals surface area (Å²) in [5.74, 6) is 3.21. The highest BCUT2D eigenvalue weighted by atomic mass is 19.2. The third-order valence-corrected chi connectivity index (χ3v) is 11.3. The number of halogens is 3. The standard InChI is InChI=1S/C32H55F3/c1-3-4-5-6-23-8-15-26(16-9-23)29-20-18-27(31(34)32(29)35)17-12-24-10-13-25(14-11-24)28-19-7-22(2)21-30(28)33/h22-32H,3-21H2,1-2H3/t22?,23?,24?,25?,26?,27-,28?,29?,30?,31?,32?/m0/s1. The molecule has 0 radical (unpaired) electrons. The lowest BCUT2D eigenvalue weighted by Crippen LogP contribution is -2.42. The third-order valence-electron chi connectivity index (χ3n) is 11.3. The number of hydrogen-bond donors (Lipinski definition) is 0. The molecule has 4 saturated carbocycles. The zero-order valence-corrected chi connectivity index (χ0v) is 22.9. The highest BCUT2D eigenvalue weighted by Crippen LogP contribution is 2.47. The minimum absolute atomic E-state index is 0.0276. The molecule has 0 bridgehead atoms. The second-order valence-corrected chi connectivity index (χ2v) is 13.6. The van der Waals surface area contributed by atoms with Crippen LogP contribution < -0.4 is 0 Å². The molecule has 0 aromatic carbocycles. The maximum Gasteiger partial charge on any atom is 0.134 e. The first-order chi connectivity index (χ1) is 17.0. The molecule has 0 nitrogen and oxygen atoms in total. The molecule has 0 aromatic rings. The Kier molecular flexibility index (Phi) is 10.8. The summed E-state index contributed by atoms with van der Waals surface area (Å²) in [6, 6.07) is 0. The maximum atomic E-state index is 15.3. The van der Waals surface area contributed by atoms with E-state index in [1.807, 2.05) is 0 Å². The molecule has 4 fully saturated rings. The highest BCUT2D eigenvalue weighted by Gasteiger charge is 2.44. The van der Waals surface area contributed by atoms with Crippen molar-refractivity contribution in [2.75, 3.05) is 0 Å². The van der Waals surface area contributed by atoms with Crippen LogP contribution in [0.2, 0.25) is 0 Å². The molecule has 0 aliphatic heterocycles. The summed E-state index contributed by atoms with van der Waals surface area (Å²) < 4.78 is 45.2. The molecule has 3 heteroatoms. The van der Waals surface area contributed by atoms with Crippen LogP contribution in [0.25, 0.3) is 0 Å². The molecular weight excluding hydrogens is 441 g/mol. The first-order valence-electron chi connectivity index (χ1n) is 15.9. The zero-order valence-electron chi connectivity index (χ0n) is 22.9. The van der Waals surface area contributed by atoms with Crippen molar-refractivity contribution in [2.45, 2.75) is 154 Å². The molecule has 0 heterocycles. The van der Waals surface area contributed by atoms with Crippen LogP contribution >= 0.6 is 0 Å². The first-order valence-corrected chi connectivity index (χ1v) is 15.9. The number of alkyl halides is 3. The average Bonchev–Trinajstić information content (AvgIpc) is 2.86. The lowest BCUT2D eigenvalue weighted by Gasteiger charge is -2.42. The quantitative estimate of drug-likeness (QED) is 0.278. The summed E-state index contributed by atoms with van der Waals surface area (Å²) in [6.45, 7) is 4.44. The van der Waals surface area contributed by atoms with Crippen molar-refractivity contribution in [3.63, 3.8) is 0 Å². The molecule has 4 rings (SSSR count). The minimum atomic E-state index is -1.25. The normalized spacial score (nSPS) is 45.3. The summed E-state index contributed by atoms with van der Waals surface area (Å²) in [5.41, 5.74) is 0. The van der Waals surface area contributed by atoms with Gasteiger partial charge in [0.15, 0.2) is 0 Å². The summed E-state index contributed by atoms with van der Waals surface area (Å²) in [6.07, 6.45) is 18.3. The Bertz CT molecular complexity index is 592. The predicted octanol–water partition coefficient (Wildman–Crippen LogP) is 10.4. The van der Waals surface area contributed by atoms with Crippen LogP contribution in [0, 0.1) is 47.3 Å². The van der Waals surface area contributed by atoms with E-state index in [1.165, 1.54) is 57.8 Å². The van der Waals surface area contributed by atoms with Gasteiger partial charge in [0, 0.05) is 0 Å². The Morgan fingerprint density at radius 1 is 0.571 bits per heavy atom. The molecule has 4 aliphatic rings. The molecular formula is C32H55F3. The molecule has 7 atom stereocenters. The Hall–Kier alpha value is -0.210. The molecule has 0 aromatic heterocycles. The second kappa shape index (κ2) is 13.5. The second-order valence-electron chi connectivity index (χ2n) is 13.6. The first kappa shape index (κ1) is 27.8. The maximum absolute atomic E-state index is 15.3. The van der Waals surface area contributed by atoms with Gasteiger partial charge in [0.25, 0.3) is 0 Å². The molecule has 0 spiro atoms. The Morgan fingerprint density at radius 3 is 1.80 bits per heavy atom. The Balaban J connectivity index is 1.15. The summed E-state index contributed by atoms with van der Waals surface area (Å²) in [7, 11) is 0. The fraction of sp³-hybridized carbons (Fsp3) is 1.00. The number of rotatable bonds is 9. The van der Waals surface area contributed by atoms with E-state index in [4.69, 9.17) is 0 Å². The molecule has 6 unspecified atom stereocenters. The van der Waals surface area contributed by atoms with Gasteiger partial charge in [-0.05, 0) is 105 Å². The van der Waals surface area contributed by atoms with E-state index in [2.05, 4.69) is 13.8 Å². The van der Waals surface area contributed by atoms with Crippen molar-refractivity contribution < 1.29 is 13.2 Å². The largest absolute Gasteiger partial charge is 0.247 e.